The molecule has 17 heavy (non-hydrogen) atoms. The van der Waals surface area contributed by atoms with Crippen molar-refractivity contribution in [1.82, 2.24) is 4.98 Å². The maximum absolute atomic E-state index is 9.88. The number of benzene rings is 1. The standard InChI is InChI=1S/C12H8I2N2O/c13-9-5-8(12(17)10(14)6-9)7-16-11-3-1-2-4-15-11/h1-7,17H/b16-7+. The van der Waals surface area contributed by atoms with Gasteiger partial charge in [-0.1, -0.05) is 6.07 Å². The van der Waals surface area contributed by atoms with E-state index in [0.29, 0.717) is 11.4 Å². The van der Waals surface area contributed by atoms with Gasteiger partial charge in [-0.05, 0) is 69.4 Å². The topological polar surface area (TPSA) is 45.5 Å². The molecule has 0 unspecified atom stereocenters. The molecule has 1 N–H and O–H groups in total. The van der Waals surface area contributed by atoms with E-state index in [1.165, 1.54) is 0 Å². The fourth-order valence-corrected chi connectivity index (χ4v) is 3.14. The number of aromatic hydroxyl groups is 1. The van der Waals surface area contributed by atoms with Crippen molar-refractivity contribution in [2.24, 2.45) is 4.99 Å². The molecule has 0 bridgehead atoms. The molecule has 0 saturated heterocycles. The normalized spacial score (nSPS) is 10.9. The summed E-state index contributed by atoms with van der Waals surface area (Å²) in [5.41, 5.74) is 0.701. The van der Waals surface area contributed by atoms with Crippen LogP contribution in [0.1, 0.15) is 5.56 Å². The number of halogens is 2. The molecular formula is C12H8I2N2O. The minimum absolute atomic E-state index is 0.255. The second kappa shape index (κ2) is 5.76. The number of aliphatic imine (C=N–C) groups is 1. The SMILES string of the molecule is Oc1c(I)cc(I)cc1/C=N/c1ccccn1. The number of phenolic OH excluding ortho intramolecular Hbond substituents is 1. The molecule has 5 heteroatoms. The van der Waals surface area contributed by atoms with Crippen molar-refractivity contribution >= 4 is 57.2 Å². The van der Waals surface area contributed by atoms with Crippen LogP contribution in [0.3, 0.4) is 0 Å². The third kappa shape index (κ3) is 3.38. The van der Waals surface area contributed by atoms with Crippen LogP contribution < -0.4 is 0 Å². The van der Waals surface area contributed by atoms with Crippen molar-refractivity contribution in [2.45, 2.75) is 0 Å². The minimum Gasteiger partial charge on any atom is -0.506 e. The van der Waals surface area contributed by atoms with Crippen LogP contribution in [0.4, 0.5) is 5.82 Å². The highest BCUT2D eigenvalue weighted by Gasteiger charge is 2.04. The Kier molecular flexibility index (Phi) is 4.32. The fraction of sp³-hybridized carbons (Fsp3) is 0. The highest BCUT2D eigenvalue weighted by Crippen LogP contribution is 2.26. The molecule has 0 fully saturated rings. The second-order valence-corrected chi connectivity index (χ2v) is 5.68. The van der Waals surface area contributed by atoms with Gasteiger partial charge in [0.25, 0.3) is 0 Å². The summed E-state index contributed by atoms with van der Waals surface area (Å²) in [4.78, 5) is 8.30. The number of pyridine rings is 1. The summed E-state index contributed by atoms with van der Waals surface area (Å²) < 4.78 is 1.88. The monoisotopic (exact) mass is 450 g/mol. The highest BCUT2D eigenvalue weighted by molar-refractivity contribution is 14.1. The molecule has 1 aromatic carbocycles. The average molecular weight is 450 g/mol. The van der Waals surface area contributed by atoms with Crippen molar-refractivity contribution < 1.29 is 5.11 Å². The third-order valence-corrected chi connectivity index (χ3v) is 3.49. The zero-order chi connectivity index (χ0) is 12.3. The van der Waals surface area contributed by atoms with Crippen LogP contribution in [0, 0.1) is 7.14 Å². The van der Waals surface area contributed by atoms with Crippen LogP contribution in [0.2, 0.25) is 0 Å². The molecule has 0 aliphatic rings. The van der Waals surface area contributed by atoms with Gasteiger partial charge in [0.15, 0.2) is 5.82 Å². The second-order valence-electron chi connectivity index (χ2n) is 3.27. The van der Waals surface area contributed by atoms with E-state index in [0.717, 1.165) is 7.14 Å². The van der Waals surface area contributed by atoms with E-state index in [4.69, 9.17) is 0 Å². The summed E-state index contributed by atoms with van der Waals surface area (Å²) in [5.74, 6) is 0.881. The molecule has 2 rings (SSSR count). The molecular weight excluding hydrogens is 442 g/mol. The first-order valence-electron chi connectivity index (χ1n) is 4.80. The van der Waals surface area contributed by atoms with E-state index in [1.54, 1.807) is 12.4 Å². The predicted octanol–water partition coefficient (Wildman–Crippen LogP) is 3.75. The Morgan fingerprint density at radius 3 is 2.76 bits per heavy atom. The molecule has 86 valence electrons. The molecule has 0 radical (unpaired) electrons. The minimum atomic E-state index is 0.255. The lowest BCUT2D eigenvalue weighted by atomic mass is 10.2. The van der Waals surface area contributed by atoms with Crippen molar-refractivity contribution in [3.05, 3.63) is 49.2 Å². The Hall–Kier alpha value is -0.700. The Morgan fingerprint density at radius 2 is 2.06 bits per heavy atom. The first-order chi connectivity index (χ1) is 8.16. The summed E-state index contributed by atoms with van der Waals surface area (Å²) in [6, 6.07) is 9.31. The first kappa shape index (κ1) is 12.7. The van der Waals surface area contributed by atoms with E-state index in [1.807, 2.05) is 30.3 Å². The lowest BCUT2D eigenvalue weighted by Gasteiger charge is -2.02. The van der Waals surface area contributed by atoms with Crippen molar-refractivity contribution in [1.29, 1.82) is 0 Å². The maximum atomic E-state index is 9.88. The van der Waals surface area contributed by atoms with Crippen molar-refractivity contribution in [3.63, 3.8) is 0 Å². The average Bonchev–Trinajstić information content (AvgIpc) is 2.33. The lowest BCUT2D eigenvalue weighted by Crippen LogP contribution is -1.87. The summed E-state index contributed by atoms with van der Waals surface area (Å²) in [5, 5.41) is 9.88. The molecule has 0 saturated carbocycles. The Labute approximate surface area is 126 Å². The van der Waals surface area contributed by atoms with E-state index in [2.05, 4.69) is 55.2 Å². The van der Waals surface area contributed by atoms with Crippen LogP contribution in [0.5, 0.6) is 5.75 Å². The Balaban J connectivity index is 2.33. The predicted molar refractivity (Wildman–Crippen MR) is 85.0 cm³/mol. The van der Waals surface area contributed by atoms with Crippen LogP contribution in [0.15, 0.2) is 41.5 Å². The Bertz CT molecular complexity index is 556. The molecule has 0 spiro atoms. The summed E-state index contributed by atoms with van der Waals surface area (Å²) >= 11 is 4.31. The van der Waals surface area contributed by atoms with Crippen molar-refractivity contribution in [2.75, 3.05) is 0 Å². The van der Waals surface area contributed by atoms with Gasteiger partial charge in [0, 0.05) is 21.5 Å². The van der Waals surface area contributed by atoms with E-state index in [9.17, 15) is 5.11 Å². The van der Waals surface area contributed by atoms with Gasteiger partial charge < -0.3 is 5.11 Å². The van der Waals surface area contributed by atoms with Crippen LogP contribution in [0.25, 0.3) is 0 Å². The van der Waals surface area contributed by atoms with Gasteiger partial charge in [-0.3, -0.25) is 0 Å². The zero-order valence-electron chi connectivity index (χ0n) is 8.64. The molecule has 0 aliphatic heterocycles. The fourth-order valence-electron chi connectivity index (χ4n) is 1.25. The van der Waals surface area contributed by atoms with E-state index in [-0.39, 0.29) is 5.75 Å². The maximum Gasteiger partial charge on any atom is 0.151 e. The van der Waals surface area contributed by atoms with Gasteiger partial charge in [-0.2, -0.15) is 0 Å². The molecule has 0 atom stereocenters. The Morgan fingerprint density at radius 1 is 1.24 bits per heavy atom. The van der Waals surface area contributed by atoms with Gasteiger partial charge in [-0.25, -0.2) is 9.98 Å². The van der Waals surface area contributed by atoms with Crippen LogP contribution >= 0.6 is 45.2 Å². The molecule has 3 nitrogen and oxygen atoms in total. The molecule has 1 aromatic heterocycles. The summed E-state index contributed by atoms with van der Waals surface area (Å²) in [6.45, 7) is 0. The van der Waals surface area contributed by atoms with E-state index >= 15 is 0 Å². The van der Waals surface area contributed by atoms with Gasteiger partial charge in [0.1, 0.15) is 5.75 Å². The van der Waals surface area contributed by atoms with Crippen molar-refractivity contribution in [3.8, 4) is 5.75 Å². The highest BCUT2D eigenvalue weighted by atomic mass is 127. The first-order valence-corrected chi connectivity index (χ1v) is 6.95. The lowest BCUT2D eigenvalue weighted by molar-refractivity contribution is 0.470. The third-order valence-electron chi connectivity index (χ3n) is 2.04. The molecule has 0 amide bonds. The quantitative estimate of drug-likeness (QED) is 0.560. The number of phenols is 1. The van der Waals surface area contributed by atoms with Gasteiger partial charge >= 0.3 is 0 Å². The number of hydrogen-bond acceptors (Lipinski definition) is 3. The summed E-state index contributed by atoms with van der Waals surface area (Å²) in [6.07, 6.45) is 3.31. The van der Waals surface area contributed by atoms with Crippen LogP contribution in [-0.4, -0.2) is 16.3 Å². The molecule has 0 aliphatic carbocycles. The smallest absolute Gasteiger partial charge is 0.151 e. The number of aromatic nitrogens is 1. The van der Waals surface area contributed by atoms with Crippen LogP contribution in [-0.2, 0) is 0 Å². The number of rotatable bonds is 2. The molecule has 2 aromatic rings. The summed E-state index contributed by atoms with van der Waals surface area (Å²) in [7, 11) is 0. The van der Waals surface area contributed by atoms with Gasteiger partial charge in [-0.15, -0.1) is 0 Å². The van der Waals surface area contributed by atoms with Gasteiger partial charge in [0.05, 0.1) is 3.57 Å². The number of nitrogens with zero attached hydrogens (tertiary/aromatic N) is 2. The van der Waals surface area contributed by atoms with Gasteiger partial charge in [0.2, 0.25) is 0 Å². The number of hydrogen-bond donors (Lipinski definition) is 1. The van der Waals surface area contributed by atoms with E-state index < -0.39 is 0 Å². The molecule has 1 heterocycles. The largest absolute Gasteiger partial charge is 0.506 e. The zero-order valence-corrected chi connectivity index (χ0v) is 13.0.